The number of rotatable bonds is 5. The molecule has 0 radical (unpaired) electrons. The largest absolute Gasteiger partial charge is 0.384 e. The summed E-state index contributed by atoms with van der Waals surface area (Å²) >= 11 is 0. The molecule has 6 nitrogen and oxygen atoms in total. The van der Waals surface area contributed by atoms with Crippen molar-refractivity contribution in [2.24, 2.45) is 5.92 Å². The summed E-state index contributed by atoms with van der Waals surface area (Å²) in [4.78, 5) is 25.3. The number of piperidine rings is 1. The molecule has 1 aromatic rings. The molecule has 0 N–H and O–H groups in total. The van der Waals surface area contributed by atoms with Gasteiger partial charge in [0.05, 0.1) is 11.5 Å². The predicted octanol–water partition coefficient (Wildman–Crippen LogP) is 3.22. The highest BCUT2D eigenvalue weighted by Gasteiger charge is 2.26. The third-order valence-corrected chi connectivity index (χ3v) is 4.30. The van der Waals surface area contributed by atoms with E-state index in [2.05, 4.69) is 0 Å². The van der Waals surface area contributed by atoms with Crippen molar-refractivity contribution in [3.8, 4) is 0 Å². The summed E-state index contributed by atoms with van der Waals surface area (Å²) in [7, 11) is 1.66. The maximum Gasteiger partial charge on any atom is 0.273 e. The minimum atomic E-state index is -0.407. The Hall–Kier alpha value is -1.95. The van der Waals surface area contributed by atoms with E-state index in [1.165, 1.54) is 6.07 Å². The lowest BCUT2D eigenvalue weighted by atomic mass is 9.96. The maximum atomic E-state index is 12.7. The summed E-state index contributed by atoms with van der Waals surface area (Å²) in [5.41, 5.74) is 1.07. The average molecular weight is 320 g/mol. The van der Waals surface area contributed by atoms with Crippen LogP contribution in [0.4, 0.5) is 5.69 Å². The Morgan fingerprint density at radius 2 is 2.22 bits per heavy atom. The van der Waals surface area contributed by atoms with Crippen LogP contribution in [0.15, 0.2) is 18.2 Å². The fourth-order valence-electron chi connectivity index (χ4n) is 3.13. The number of benzene rings is 1. The summed E-state index contributed by atoms with van der Waals surface area (Å²) in [6, 6.07) is 4.81. The molecule has 23 heavy (non-hydrogen) atoms. The molecular formula is C17H24N2O4. The molecule has 0 unspecified atom stereocenters. The van der Waals surface area contributed by atoms with Crippen LogP contribution in [-0.4, -0.2) is 42.5 Å². The number of amides is 1. The van der Waals surface area contributed by atoms with Gasteiger partial charge < -0.3 is 9.64 Å². The molecule has 1 heterocycles. The molecule has 1 atom stereocenters. The van der Waals surface area contributed by atoms with Gasteiger partial charge in [-0.3, -0.25) is 14.9 Å². The second-order valence-corrected chi connectivity index (χ2v) is 6.40. The first-order valence-electron chi connectivity index (χ1n) is 8.00. The summed E-state index contributed by atoms with van der Waals surface area (Å²) in [5.74, 6) is 0.243. The van der Waals surface area contributed by atoms with Gasteiger partial charge in [0.15, 0.2) is 0 Å². The van der Waals surface area contributed by atoms with Crippen molar-refractivity contribution < 1.29 is 14.5 Å². The maximum absolute atomic E-state index is 12.7. The van der Waals surface area contributed by atoms with Crippen molar-refractivity contribution in [1.29, 1.82) is 0 Å². The second-order valence-electron chi connectivity index (χ2n) is 6.40. The van der Waals surface area contributed by atoms with E-state index in [0.717, 1.165) is 12.8 Å². The number of methoxy groups -OCH3 is 1. The van der Waals surface area contributed by atoms with Gasteiger partial charge in [-0.2, -0.15) is 0 Å². The van der Waals surface area contributed by atoms with Crippen LogP contribution in [0.1, 0.15) is 48.5 Å². The van der Waals surface area contributed by atoms with Crippen molar-refractivity contribution in [1.82, 2.24) is 4.90 Å². The van der Waals surface area contributed by atoms with Crippen LogP contribution in [0.5, 0.6) is 0 Å². The van der Waals surface area contributed by atoms with E-state index in [-0.39, 0.29) is 17.5 Å². The molecule has 2 rings (SSSR count). The van der Waals surface area contributed by atoms with E-state index in [4.69, 9.17) is 4.74 Å². The topological polar surface area (TPSA) is 72.7 Å². The Bertz CT molecular complexity index is 584. The summed E-state index contributed by atoms with van der Waals surface area (Å²) < 4.78 is 5.18. The predicted molar refractivity (Wildman–Crippen MR) is 87.7 cm³/mol. The summed E-state index contributed by atoms with van der Waals surface area (Å²) in [5, 5.41) is 11.3. The number of carbonyl (C=O) groups excluding carboxylic acids is 1. The first kappa shape index (κ1) is 17.4. The molecular weight excluding hydrogens is 296 g/mol. The number of nitrogens with zero attached hydrogens (tertiary/aromatic N) is 2. The molecule has 6 heteroatoms. The minimum Gasteiger partial charge on any atom is -0.384 e. The fraction of sp³-hybridized carbons (Fsp3) is 0.588. The Balaban J connectivity index is 2.22. The van der Waals surface area contributed by atoms with Crippen LogP contribution in [0, 0.1) is 16.0 Å². The van der Waals surface area contributed by atoms with Crippen molar-refractivity contribution in [2.75, 3.05) is 26.8 Å². The number of carbonyl (C=O) groups is 1. The molecule has 0 bridgehead atoms. The number of nitro groups is 1. The molecule has 0 spiro atoms. The van der Waals surface area contributed by atoms with Crippen LogP contribution in [0.2, 0.25) is 0 Å². The number of ether oxygens (including phenoxy) is 1. The summed E-state index contributed by atoms with van der Waals surface area (Å²) in [6.07, 6.45) is 1.98. The number of hydrogen-bond donors (Lipinski definition) is 0. The molecule has 126 valence electrons. The fourth-order valence-corrected chi connectivity index (χ4v) is 3.13. The molecule has 1 aliphatic rings. The van der Waals surface area contributed by atoms with E-state index < -0.39 is 4.92 Å². The molecule has 1 aromatic carbocycles. The smallest absolute Gasteiger partial charge is 0.273 e. The second kappa shape index (κ2) is 7.55. The third-order valence-electron chi connectivity index (χ3n) is 4.30. The molecule has 0 aromatic heterocycles. The normalized spacial score (nSPS) is 18.3. The monoisotopic (exact) mass is 320 g/mol. The SMILES string of the molecule is COC[C@H]1CCCN(C(=O)c2ccc(C(C)C)c([N+](=O)[O-])c2)C1. The zero-order valence-corrected chi connectivity index (χ0v) is 13.9. The molecule has 0 aliphatic carbocycles. The Morgan fingerprint density at radius 1 is 1.48 bits per heavy atom. The van der Waals surface area contributed by atoms with E-state index in [0.29, 0.717) is 36.7 Å². The van der Waals surface area contributed by atoms with Crippen LogP contribution >= 0.6 is 0 Å². The first-order valence-corrected chi connectivity index (χ1v) is 8.00. The zero-order valence-electron chi connectivity index (χ0n) is 13.9. The molecule has 1 fully saturated rings. The van der Waals surface area contributed by atoms with Crippen LogP contribution in [0.25, 0.3) is 0 Å². The number of likely N-dealkylation sites (tertiary alicyclic amines) is 1. The van der Waals surface area contributed by atoms with Crippen LogP contribution < -0.4 is 0 Å². The van der Waals surface area contributed by atoms with Gasteiger partial charge >= 0.3 is 0 Å². The third kappa shape index (κ3) is 4.07. The van der Waals surface area contributed by atoms with Gasteiger partial charge in [-0.1, -0.05) is 19.9 Å². The van der Waals surface area contributed by atoms with Crippen molar-refractivity contribution in [2.45, 2.75) is 32.6 Å². The van der Waals surface area contributed by atoms with Gasteiger partial charge in [0.25, 0.3) is 11.6 Å². The lowest BCUT2D eigenvalue weighted by Crippen LogP contribution is -2.41. The summed E-state index contributed by atoms with van der Waals surface area (Å²) in [6.45, 7) is 5.79. The zero-order chi connectivity index (χ0) is 17.0. The lowest BCUT2D eigenvalue weighted by Gasteiger charge is -2.32. The molecule has 1 saturated heterocycles. The van der Waals surface area contributed by atoms with E-state index in [1.54, 1.807) is 24.1 Å². The molecule has 1 aliphatic heterocycles. The van der Waals surface area contributed by atoms with Gasteiger partial charge in [-0.05, 0) is 30.7 Å². The molecule has 0 saturated carbocycles. The minimum absolute atomic E-state index is 0.0244. The average Bonchev–Trinajstić information content (AvgIpc) is 2.54. The number of nitro benzene ring substituents is 1. The van der Waals surface area contributed by atoms with E-state index in [9.17, 15) is 14.9 Å². The Morgan fingerprint density at radius 3 is 2.83 bits per heavy atom. The highest BCUT2D eigenvalue weighted by molar-refractivity contribution is 5.95. The van der Waals surface area contributed by atoms with Crippen molar-refractivity contribution in [3.63, 3.8) is 0 Å². The van der Waals surface area contributed by atoms with E-state index in [1.807, 2.05) is 13.8 Å². The van der Waals surface area contributed by atoms with Gasteiger partial charge in [-0.25, -0.2) is 0 Å². The van der Waals surface area contributed by atoms with Gasteiger partial charge in [0, 0.05) is 37.4 Å². The van der Waals surface area contributed by atoms with Crippen molar-refractivity contribution >= 4 is 11.6 Å². The highest BCUT2D eigenvalue weighted by Crippen LogP contribution is 2.28. The first-order chi connectivity index (χ1) is 10.9. The Kier molecular flexibility index (Phi) is 5.71. The van der Waals surface area contributed by atoms with Gasteiger partial charge in [0.1, 0.15) is 0 Å². The standard InChI is InChI=1S/C17H24N2O4/c1-12(2)15-7-6-14(9-16(15)19(21)22)17(20)18-8-4-5-13(10-18)11-23-3/h6-7,9,12-13H,4-5,8,10-11H2,1-3H3/t13-/m0/s1. The number of hydrogen-bond acceptors (Lipinski definition) is 4. The van der Waals surface area contributed by atoms with Crippen LogP contribution in [0.3, 0.4) is 0 Å². The van der Waals surface area contributed by atoms with Crippen molar-refractivity contribution in [3.05, 3.63) is 39.4 Å². The van der Waals surface area contributed by atoms with Crippen LogP contribution in [-0.2, 0) is 4.74 Å². The molecule has 1 amide bonds. The van der Waals surface area contributed by atoms with Gasteiger partial charge in [-0.15, -0.1) is 0 Å². The lowest BCUT2D eigenvalue weighted by molar-refractivity contribution is -0.385. The van der Waals surface area contributed by atoms with Gasteiger partial charge in [0.2, 0.25) is 0 Å². The highest BCUT2D eigenvalue weighted by atomic mass is 16.6. The van der Waals surface area contributed by atoms with E-state index >= 15 is 0 Å². The Labute approximate surface area is 136 Å². The quantitative estimate of drug-likeness (QED) is 0.617.